The van der Waals surface area contributed by atoms with E-state index in [4.69, 9.17) is 4.74 Å². The van der Waals surface area contributed by atoms with Crippen LogP contribution in [-0.4, -0.2) is 38.1 Å². The fourth-order valence-electron chi connectivity index (χ4n) is 2.06. The Kier molecular flexibility index (Phi) is 5.14. The Morgan fingerprint density at radius 1 is 1.24 bits per heavy atom. The molecule has 1 unspecified atom stereocenters. The van der Waals surface area contributed by atoms with Crippen molar-refractivity contribution in [3.05, 3.63) is 58.5 Å². The van der Waals surface area contributed by atoms with Gasteiger partial charge in [0, 0.05) is 0 Å². The highest BCUT2D eigenvalue weighted by atomic mass is 32.1. The molecule has 0 aliphatic carbocycles. The SMILES string of the molecule is CC(NC(=O)c1cccs1)C(=O)OCc1nnnn1-c1ccccc1. The summed E-state index contributed by atoms with van der Waals surface area (Å²) in [5, 5.41) is 15.7. The zero-order valence-corrected chi connectivity index (χ0v) is 14.1. The van der Waals surface area contributed by atoms with E-state index in [0.29, 0.717) is 10.7 Å². The summed E-state index contributed by atoms with van der Waals surface area (Å²) < 4.78 is 6.70. The van der Waals surface area contributed by atoms with Gasteiger partial charge in [-0.3, -0.25) is 4.79 Å². The molecule has 9 heteroatoms. The molecule has 8 nitrogen and oxygen atoms in total. The normalized spacial score (nSPS) is 11.7. The van der Waals surface area contributed by atoms with Crippen LogP contribution in [0.25, 0.3) is 5.69 Å². The molecule has 0 aliphatic rings. The van der Waals surface area contributed by atoms with Gasteiger partial charge in [-0.2, -0.15) is 4.68 Å². The summed E-state index contributed by atoms with van der Waals surface area (Å²) >= 11 is 1.30. The van der Waals surface area contributed by atoms with Crippen molar-refractivity contribution < 1.29 is 14.3 Å². The number of nitrogens with zero attached hydrogens (tertiary/aromatic N) is 4. The summed E-state index contributed by atoms with van der Waals surface area (Å²) in [6.45, 7) is 1.47. The molecule has 1 amide bonds. The number of para-hydroxylation sites is 1. The van der Waals surface area contributed by atoms with Crippen molar-refractivity contribution in [1.82, 2.24) is 25.5 Å². The summed E-state index contributed by atoms with van der Waals surface area (Å²) in [5.41, 5.74) is 0.762. The van der Waals surface area contributed by atoms with Gasteiger partial charge in [-0.05, 0) is 40.9 Å². The van der Waals surface area contributed by atoms with Gasteiger partial charge in [0.25, 0.3) is 5.91 Å². The number of amides is 1. The van der Waals surface area contributed by atoms with E-state index < -0.39 is 12.0 Å². The van der Waals surface area contributed by atoms with Crippen LogP contribution >= 0.6 is 11.3 Å². The monoisotopic (exact) mass is 357 g/mol. The molecule has 1 aromatic carbocycles. The second-order valence-corrected chi connectivity index (χ2v) is 6.07. The first-order valence-corrected chi connectivity index (χ1v) is 8.37. The van der Waals surface area contributed by atoms with Crippen molar-refractivity contribution >= 4 is 23.2 Å². The van der Waals surface area contributed by atoms with Crippen LogP contribution in [0.2, 0.25) is 0 Å². The highest BCUT2D eigenvalue weighted by Gasteiger charge is 2.20. The lowest BCUT2D eigenvalue weighted by Crippen LogP contribution is -2.39. The Bertz CT molecular complexity index is 848. The molecule has 0 aliphatic heterocycles. The Hall–Kier alpha value is -3.07. The van der Waals surface area contributed by atoms with E-state index in [-0.39, 0.29) is 12.5 Å². The van der Waals surface area contributed by atoms with Crippen LogP contribution in [0.4, 0.5) is 0 Å². The minimum atomic E-state index is -0.782. The first kappa shape index (κ1) is 16.8. The average molecular weight is 357 g/mol. The van der Waals surface area contributed by atoms with E-state index >= 15 is 0 Å². The predicted molar refractivity (Wildman–Crippen MR) is 90.2 cm³/mol. The Morgan fingerprint density at radius 2 is 2.04 bits per heavy atom. The Morgan fingerprint density at radius 3 is 2.76 bits per heavy atom. The number of rotatable bonds is 6. The van der Waals surface area contributed by atoms with E-state index in [2.05, 4.69) is 20.8 Å². The molecular formula is C16H15N5O3S. The van der Waals surface area contributed by atoms with E-state index in [1.807, 2.05) is 30.3 Å². The topological polar surface area (TPSA) is 99.0 Å². The molecule has 0 saturated carbocycles. The van der Waals surface area contributed by atoms with Crippen LogP contribution in [0, 0.1) is 0 Å². The van der Waals surface area contributed by atoms with Crippen molar-refractivity contribution in [2.75, 3.05) is 0 Å². The average Bonchev–Trinajstić information content (AvgIpc) is 3.32. The van der Waals surface area contributed by atoms with Crippen LogP contribution in [-0.2, 0) is 16.1 Å². The van der Waals surface area contributed by atoms with Gasteiger partial charge >= 0.3 is 5.97 Å². The van der Waals surface area contributed by atoms with Crippen LogP contribution < -0.4 is 5.32 Å². The molecule has 3 aromatic rings. The van der Waals surface area contributed by atoms with Gasteiger partial charge in [0.2, 0.25) is 0 Å². The zero-order chi connectivity index (χ0) is 17.6. The highest BCUT2D eigenvalue weighted by Crippen LogP contribution is 2.10. The number of thiophene rings is 1. The molecule has 25 heavy (non-hydrogen) atoms. The Balaban J connectivity index is 1.58. The van der Waals surface area contributed by atoms with Crippen molar-refractivity contribution in [1.29, 1.82) is 0 Å². The summed E-state index contributed by atoms with van der Waals surface area (Å²) in [4.78, 5) is 24.6. The summed E-state index contributed by atoms with van der Waals surface area (Å²) in [6, 6.07) is 11.9. The number of hydrogen-bond acceptors (Lipinski definition) is 7. The number of nitrogens with one attached hydrogen (secondary N) is 1. The number of ether oxygens (including phenoxy) is 1. The molecule has 0 spiro atoms. The van der Waals surface area contributed by atoms with Crippen LogP contribution in [0.15, 0.2) is 47.8 Å². The maximum atomic E-state index is 12.1. The molecule has 3 rings (SSSR count). The molecular weight excluding hydrogens is 342 g/mol. The van der Waals surface area contributed by atoms with Crippen molar-refractivity contribution in [3.8, 4) is 5.69 Å². The van der Waals surface area contributed by atoms with Gasteiger partial charge in [0.1, 0.15) is 6.04 Å². The van der Waals surface area contributed by atoms with E-state index in [0.717, 1.165) is 5.69 Å². The number of aromatic nitrogens is 4. The summed E-state index contributed by atoms with van der Waals surface area (Å²) in [6.07, 6.45) is 0. The molecule has 1 N–H and O–H groups in total. The maximum Gasteiger partial charge on any atom is 0.328 e. The standard InChI is InChI=1S/C16H15N5O3S/c1-11(17-15(22)13-8-5-9-25-13)16(23)24-10-14-18-19-20-21(14)12-6-3-2-4-7-12/h2-9,11H,10H2,1H3,(H,17,22). The molecule has 128 valence electrons. The lowest BCUT2D eigenvalue weighted by atomic mass is 10.3. The fourth-order valence-corrected chi connectivity index (χ4v) is 2.69. The minimum Gasteiger partial charge on any atom is -0.456 e. The van der Waals surface area contributed by atoms with Gasteiger partial charge in [-0.1, -0.05) is 24.3 Å². The number of carbonyl (C=O) groups is 2. The second kappa shape index (κ2) is 7.67. The second-order valence-electron chi connectivity index (χ2n) is 5.12. The van der Waals surface area contributed by atoms with Gasteiger partial charge < -0.3 is 10.1 Å². The number of tetrazole rings is 1. The van der Waals surface area contributed by atoms with Gasteiger partial charge in [0.05, 0.1) is 10.6 Å². The Labute approximate surface area is 147 Å². The van der Waals surface area contributed by atoms with Gasteiger partial charge in [0.15, 0.2) is 12.4 Å². The fraction of sp³-hybridized carbons (Fsp3) is 0.188. The lowest BCUT2D eigenvalue weighted by molar-refractivity contribution is -0.147. The van der Waals surface area contributed by atoms with Crippen molar-refractivity contribution in [2.24, 2.45) is 0 Å². The third-order valence-corrected chi connectivity index (χ3v) is 4.19. The number of carbonyl (C=O) groups excluding carboxylic acids is 2. The molecule has 0 bridgehead atoms. The van der Waals surface area contributed by atoms with Gasteiger partial charge in [-0.25, -0.2) is 4.79 Å². The first-order valence-electron chi connectivity index (χ1n) is 7.49. The zero-order valence-electron chi connectivity index (χ0n) is 13.3. The lowest BCUT2D eigenvalue weighted by Gasteiger charge is -2.12. The third-order valence-electron chi connectivity index (χ3n) is 3.32. The van der Waals surface area contributed by atoms with E-state index in [1.54, 1.807) is 24.4 Å². The van der Waals surface area contributed by atoms with Crippen LogP contribution in [0.5, 0.6) is 0 Å². The number of benzene rings is 1. The third kappa shape index (κ3) is 4.07. The molecule has 0 fully saturated rings. The summed E-state index contributed by atoms with van der Waals surface area (Å²) in [5.74, 6) is -0.488. The van der Waals surface area contributed by atoms with Gasteiger partial charge in [-0.15, -0.1) is 16.4 Å². The largest absolute Gasteiger partial charge is 0.456 e. The molecule has 2 heterocycles. The van der Waals surface area contributed by atoms with E-state index in [1.165, 1.54) is 16.0 Å². The number of esters is 1. The van der Waals surface area contributed by atoms with Crippen molar-refractivity contribution in [2.45, 2.75) is 19.6 Å². The molecule has 1 atom stereocenters. The van der Waals surface area contributed by atoms with Crippen LogP contribution in [0.1, 0.15) is 22.4 Å². The molecule has 0 saturated heterocycles. The minimum absolute atomic E-state index is 0.0973. The number of hydrogen-bond donors (Lipinski definition) is 1. The van der Waals surface area contributed by atoms with Crippen LogP contribution in [0.3, 0.4) is 0 Å². The molecule has 2 aromatic heterocycles. The molecule has 0 radical (unpaired) electrons. The quantitative estimate of drug-likeness (QED) is 0.673. The van der Waals surface area contributed by atoms with Crippen molar-refractivity contribution in [3.63, 3.8) is 0 Å². The predicted octanol–water partition coefficient (Wildman–Crippen LogP) is 1.59. The highest BCUT2D eigenvalue weighted by molar-refractivity contribution is 7.12. The van der Waals surface area contributed by atoms with E-state index in [9.17, 15) is 9.59 Å². The maximum absolute atomic E-state index is 12.1. The smallest absolute Gasteiger partial charge is 0.328 e. The summed E-state index contributed by atoms with van der Waals surface area (Å²) in [7, 11) is 0. The first-order chi connectivity index (χ1) is 12.1.